The van der Waals surface area contributed by atoms with Gasteiger partial charge in [0.25, 0.3) is 5.91 Å². The van der Waals surface area contributed by atoms with Gasteiger partial charge >= 0.3 is 5.97 Å². The van der Waals surface area contributed by atoms with Crippen LogP contribution in [0.1, 0.15) is 41.6 Å². The highest BCUT2D eigenvalue weighted by Gasteiger charge is 2.29. The van der Waals surface area contributed by atoms with E-state index >= 15 is 0 Å². The number of hydrogen-bond acceptors (Lipinski definition) is 3. The van der Waals surface area contributed by atoms with Crippen molar-refractivity contribution >= 4 is 11.9 Å². The van der Waals surface area contributed by atoms with Crippen molar-refractivity contribution in [3.05, 3.63) is 35.4 Å². The predicted molar refractivity (Wildman–Crippen MR) is 72.1 cm³/mol. The van der Waals surface area contributed by atoms with Crippen LogP contribution >= 0.6 is 0 Å². The Hall–Kier alpha value is -2.35. The number of nitrogens with zero attached hydrogens (tertiary/aromatic N) is 2. The van der Waals surface area contributed by atoms with Crippen LogP contribution in [0.25, 0.3) is 0 Å². The van der Waals surface area contributed by atoms with Crippen molar-refractivity contribution < 1.29 is 14.7 Å². The molecule has 1 aliphatic carbocycles. The van der Waals surface area contributed by atoms with Gasteiger partial charge in [-0.05, 0) is 31.0 Å². The van der Waals surface area contributed by atoms with Gasteiger partial charge in [0.1, 0.15) is 6.54 Å². The molecule has 0 heterocycles. The molecule has 1 aromatic carbocycles. The van der Waals surface area contributed by atoms with E-state index in [-0.39, 0.29) is 18.5 Å². The summed E-state index contributed by atoms with van der Waals surface area (Å²) < 4.78 is 0. The second-order valence-corrected chi connectivity index (χ2v) is 4.96. The van der Waals surface area contributed by atoms with Crippen LogP contribution in [-0.4, -0.2) is 34.5 Å². The molecule has 1 fully saturated rings. The molecule has 0 spiro atoms. The van der Waals surface area contributed by atoms with Crippen molar-refractivity contribution in [2.24, 2.45) is 0 Å². The van der Waals surface area contributed by atoms with Gasteiger partial charge in [0, 0.05) is 11.6 Å². The first kappa shape index (κ1) is 14.1. The molecule has 1 aromatic rings. The molecule has 1 amide bonds. The third-order valence-electron chi connectivity index (χ3n) is 3.57. The summed E-state index contributed by atoms with van der Waals surface area (Å²) in [6.07, 6.45) is 3.73. The molecular formula is C15H16N2O3. The molecule has 1 N–H and O–H groups in total. The van der Waals surface area contributed by atoms with E-state index in [1.165, 1.54) is 11.0 Å². The zero-order valence-electron chi connectivity index (χ0n) is 11.1. The van der Waals surface area contributed by atoms with E-state index in [1.807, 2.05) is 6.07 Å². The van der Waals surface area contributed by atoms with Crippen LogP contribution in [0.15, 0.2) is 24.3 Å². The Morgan fingerprint density at radius 3 is 2.65 bits per heavy atom. The molecule has 0 saturated heterocycles. The molecule has 1 aliphatic rings. The summed E-state index contributed by atoms with van der Waals surface area (Å²) >= 11 is 0. The van der Waals surface area contributed by atoms with E-state index in [1.54, 1.807) is 18.2 Å². The summed E-state index contributed by atoms with van der Waals surface area (Å²) in [7, 11) is 0. The SMILES string of the molecule is N#Cc1cccc(C(=O)N(CC(=O)O)C2CCCC2)c1. The highest BCUT2D eigenvalue weighted by Crippen LogP contribution is 2.25. The van der Waals surface area contributed by atoms with Gasteiger partial charge in [-0.15, -0.1) is 0 Å². The molecule has 20 heavy (non-hydrogen) atoms. The number of carboxylic acid groups (broad SMARTS) is 1. The molecular weight excluding hydrogens is 256 g/mol. The molecule has 0 radical (unpaired) electrons. The quantitative estimate of drug-likeness (QED) is 0.909. The Morgan fingerprint density at radius 1 is 1.35 bits per heavy atom. The van der Waals surface area contributed by atoms with Gasteiger partial charge in [-0.25, -0.2) is 0 Å². The number of amides is 1. The maximum absolute atomic E-state index is 12.5. The summed E-state index contributed by atoms with van der Waals surface area (Å²) in [5.74, 6) is -1.32. The number of aliphatic carboxylic acids is 1. The molecule has 1 saturated carbocycles. The standard InChI is InChI=1S/C15H16N2O3/c16-9-11-4-3-5-12(8-11)15(20)17(10-14(18)19)13-6-1-2-7-13/h3-5,8,13H,1-2,6-7,10H2,(H,18,19). The van der Waals surface area contributed by atoms with E-state index in [0.29, 0.717) is 11.1 Å². The first-order chi connectivity index (χ1) is 9.61. The number of nitriles is 1. The minimum Gasteiger partial charge on any atom is -0.480 e. The highest BCUT2D eigenvalue weighted by molar-refractivity contribution is 5.96. The third-order valence-corrected chi connectivity index (χ3v) is 3.57. The molecule has 104 valence electrons. The normalized spacial score (nSPS) is 14.8. The topological polar surface area (TPSA) is 81.4 Å². The van der Waals surface area contributed by atoms with Gasteiger partial charge in [0.2, 0.25) is 0 Å². The first-order valence-electron chi connectivity index (χ1n) is 6.64. The minimum absolute atomic E-state index is 0.00987. The maximum atomic E-state index is 12.5. The van der Waals surface area contributed by atoms with Crippen molar-refractivity contribution in [2.75, 3.05) is 6.54 Å². The monoisotopic (exact) mass is 272 g/mol. The fraction of sp³-hybridized carbons (Fsp3) is 0.400. The van der Waals surface area contributed by atoms with Crippen molar-refractivity contribution in [1.29, 1.82) is 5.26 Å². The van der Waals surface area contributed by atoms with Crippen LogP contribution in [0.5, 0.6) is 0 Å². The fourth-order valence-corrected chi connectivity index (χ4v) is 2.62. The Labute approximate surface area is 117 Å². The average molecular weight is 272 g/mol. The molecule has 5 heteroatoms. The number of carbonyl (C=O) groups excluding carboxylic acids is 1. The summed E-state index contributed by atoms with van der Waals surface area (Å²) in [6, 6.07) is 8.36. The Morgan fingerprint density at radius 2 is 2.05 bits per heavy atom. The average Bonchev–Trinajstić information content (AvgIpc) is 2.98. The Kier molecular flexibility index (Phi) is 4.36. The molecule has 0 aliphatic heterocycles. The molecule has 0 atom stereocenters. The van der Waals surface area contributed by atoms with Crippen LogP contribution in [0, 0.1) is 11.3 Å². The predicted octanol–water partition coefficient (Wildman–Crippen LogP) is 2.03. The molecule has 0 bridgehead atoms. The molecule has 2 rings (SSSR count). The molecule has 0 unspecified atom stereocenters. The van der Waals surface area contributed by atoms with E-state index in [0.717, 1.165) is 25.7 Å². The first-order valence-corrected chi connectivity index (χ1v) is 6.64. The van der Waals surface area contributed by atoms with Crippen molar-refractivity contribution in [3.8, 4) is 6.07 Å². The van der Waals surface area contributed by atoms with Gasteiger partial charge in [-0.2, -0.15) is 5.26 Å². The molecule has 0 aromatic heterocycles. The highest BCUT2D eigenvalue weighted by atomic mass is 16.4. The van der Waals surface area contributed by atoms with Gasteiger partial charge in [0.15, 0.2) is 0 Å². The van der Waals surface area contributed by atoms with Crippen molar-refractivity contribution in [3.63, 3.8) is 0 Å². The van der Waals surface area contributed by atoms with E-state index < -0.39 is 5.97 Å². The van der Waals surface area contributed by atoms with E-state index in [9.17, 15) is 9.59 Å². The van der Waals surface area contributed by atoms with Crippen LogP contribution in [0.4, 0.5) is 0 Å². The van der Waals surface area contributed by atoms with Gasteiger partial charge in [0.05, 0.1) is 11.6 Å². The van der Waals surface area contributed by atoms with Gasteiger partial charge < -0.3 is 10.0 Å². The van der Waals surface area contributed by atoms with E-state index in [4.69, 9.17) is 10.4 Å². The smallest absolute Gasteiger partial charge is 0.323 e. The third kappa shape index (κ3) is 3.15. The zero-order valence-corrected chi connectivity index (χ0v) is 11.1. The zero-order chi connectivity index (χ0) is 14.5. The van der Waals surface area contributed by atoms with Crippen LogP contribution < -0.4 is 0 Å². The van der Waals surface area contributed by atoms with Crippen LogP contribution in [-0.2, 0) is 4.79 Å². The summed E-state index contributed by atoms with van der Waals surface area (Å²) in [5, 5.41) is 17.9. The van der Waals surface area contributed by atoms with Crippen LogP contribution in [0.3, 0.4) is 0 Å². The Balaban J connectivity index is 2.25. The largest absolute Gasteiger partial charge is 0.480 e. The van der Waals surface area contributed by atoms with Gasteiger partial charge in [-0.3, -0.25) is 9.59 Å². The fourth-order valence-electron chi connectivity index (χ4n) is 2.62. The van der Waals surface area contributed by atoms with Crippen LogP contribution in [0.2, 0.25) is 0 Å². The minimum atomic E-state index is -1.01. The lowest BCUT2D eigenvalue weighted by molar-refractivity contribution is -0.138. The Bertz CT molecular complexity index is 556. The van der Waals surface area contributed by atoms with Crippen molar-refractivity contribution in [2.45, 2.75) is 31.7 Å². The maximum Gasteiger partial charge on any atom is 0.323 e. The second kappa shape index (κ2) is 6.20. The number of benzene rings is 1. The number of rotatable bonds is 4. The number of hydrogen-bond donors (Lipinski definition) is 1. The lowest BCUT2D eigenvalue weighted by Crippen LogP contribution is -2.42. The summed E-state index contributed by atoms with van der Waals surface area (Å²) in [5.41, 5.74) is 0.773. The lowest BCUT2D eigenvalue weighted by Gasteiger charge is -2.27. The summed E-state index contributed by atoms with van der Waals surface area (Å²) in [6.45, 7) is -0.291. The van der Waals surface area contributed by atoms with Gasteiger partial charge in [-0.1, -0.05) is 18.9 Å². The molecule has 5 nitrogen and oxygen atoms in total. The second-order valence-electron chi connectivity index (χ2n) is 4.96. The van der Waals surface area contributed by atoms with Crippen molar-refractivity contribution in [1.82, 2.24) is 4.90 Å². The number of carbonyl (C=O) groups is 2. The lowest BCUT2D eigenvalue weighted by atomic mass is 10.1. The number of carboxylic acids is 1. The summed E-state index contributed by atoms with van der Waals surface area (Å²) in [4.78, 5) is 24.9. The van der Waals surface area contributed by atoms with E-state index in [2.05, 4.69) is 0 Å².